The Hall–Kier alpha value is -1.06. The van der Waals surface area contributed by atoms with Crippen molar-refractivity contribution >= 4 is 12.2 Å². The van der Waals surface area contributed by atoms with Gasteiger partial charge in [-0.15, -0.1) is 0 Å². The molecule has 1 aliphatic heterocycles. The van der Waals surface area contributed by atoms with Gasteiger partial charge in [-0.2, -0.15) is 0 Å². The molecule has 1 aliphatic rings. The predicted molar refractivity (Wildman–Crippen MR) is 191 cm³/mol. The molecule has 0 radical (unpaired) electrons. The van der Waals surface area contributed by atoms with Crippen molar-refractivity contribution in [1.82, 2.24) is 5.32 Å². The van der Waals surface area contributed by atoms with E-state index < -0.39 is 36.7 Å². The molecule has 8 heteroatoms. The average molecular weight is 670 g/mol. The second-order valence-corrected chi connectivity index (χ2v) is 14.3. The fourth-order valence-corrected chi connectivity index (χ4v) is 6.69. The van der Waals surface area contributed by atoms with E-state index in [1.54, 1.807) is 0 Å². The van der Waals surface area contributed by atoms with Crippen molar-refractivity contribution in [3.8, 4) is 0 Å². The SMILES string of the molecule is CCCCCCCCCCCCCCC(CCCCCCCCCCCCCC)C(=O)N[C@H](C=O)CO[C@@H]1O[C@H]([C@H](C)O)[C@@H](O)[C@@H]1O. The molecule has 0 unspecified atom stereocenters. The molecule has 0 aliphatic carbocycles. The van der Waals surface area contributed by atoms with Gasteiger partial charge in [-0.25, -0.2) is 0 Å². The van der Waals surface area contributed by atoms with Crippen LogP contribution in [0, 0.1) is 5.92 Å². The van der Waals surface area contributed by atoms with Gasteiger partial charge in [0.2, 0.25) is 5.91 Å². The summed E-state index contributed by atoms with van der Waals surface area (Å²) >= 11 is 0. The molecule has 0 bridgehead atoms. The maximum absolute atomic E-state index is 13.4. The molecule has 0 spiro atoms. The third-order valence-corrected chi connectivity index (χ3v) is 9.85. The first-order chi connectivity index (χ1) is 22.8. The first kappa shape index (κ1) is 44.0. The molecular weight excluding hydrogens is 594 g/mol. The number of nitrogens with one attached hydrogen (secondary N) is 1. The van der Waals surface area contributed by atoms with Crippen LogP contribution in [0.3, 0.4) is 0 Å². The minimum atomic E-state index is -1.35. The number of hydrogen-bond donors (Lipinski definition) is 4. The molecule has 1 amide bonds. The fraction of sp³-hybridized carbons (Fsp3) is 0.949. The third-order valence-electron chi connectivity index (χ3n) is 9.85. The molecule has 0 aromatic heterocycles. The Bertz CT molecular complexity index is 708. The summed E-state index contributed by atoms with van der Waals surface area (Å²) in [6.45, 7) is 5.80. The Morgan fingerprint density at radius 2 is 1.06 bits per heavy atom. The van der Waals surface area contributed by atoms with Gasteiger partial charge < -0.3 is 34.9 Å². The van der Waals surface area contributed by atoms with E-state index >= 15 is 0 Å². The quantitative estimate of drug-likeness (QED) is 0.0409. The van der Waals surface area contributed by atoms with E-state index in [0.717, 1.165) is 38.5 Å². The molecular formula is C39H75NO7. The van der Waals surface area contributed by atoms with Gasteiger partial charge in [0.25, 0.3) is 0 Å². The largest absolute Gasteiger partial charge is 0.391 e. The zero-order chi connectivity index (χ0) is 34.5. The highest BCUT2D eigenvalue weighted by atomic mass is 16.7. The van der Waals surface area contributed by atoms with Crippen molar-refractivity contribution in [1.29, 1.82) is 0 Å². The molecule has 4 N–H and O–H groups in total. The highest BCUT2D eigenvalue weighted by Gasteiger charge is 2.45. The van der Waals surface area contributed by atoms with E-state index in [1.807, 2.05) is 0 Å². The van der Waals surface area contributed by atoms with Gasteiger partial charge in [-0.05, 0) is 19.8 Å². The van der Waals surface area contributed by atoms with Crippen LogP contribution in [-0.4, -0.2) is 70.9 Å². The van der Waals surface area contributed by atoms with Crippen LogP contribution in [0.1, 0.15) is 188 Å². The summed E-state index contributed by atoms with van der Waals surface area (Å²) in [6, 6.07) is -0.882. The third kappa shape index (κ3) is 21.6. The summed E-state index contributed by atoms with van der Waals surface area (Å²) in [7, 11) is 0. The van der Waals surface area contributed by atoms with Crippen LogP contribution >= 0.6 is 0 Å². The highest BCUT2D eigenvalue weighted by Crippen LogP contribution is 2.25. The van der Waals surface area contributed by atoms with Crippen LogP contribution < -0.4 is 5.32 Å². The number of ether oxygens (including phenoxy) is 2. The van der Waals surface area contributed by atoms with Crippen LogP contribution in [0.25, 0.3) is 0 Å². The Morgan fingerprint density at radius 1 is 0.681 bits per heavy atom. The Kier molecular flexibility index (Phi) is 27.9. The molecule has 8 nitrogen and oxygen atoms in total. The van der Waals surface area contributed by atoms with E-state index in [1.165, 1.54) is 135 Å². The Labute approximate surface area is 288 Å². The van der Waals surface area contributed by atoms with Crippen molar-refractivity contribution in [2.24, 2.45) is 5.92 Å². The lowest BCUT2D eigenvalue weighted by molar-refractivity contribution is -0.179. The Balaban J connectivity index is 2.43. The molecule has 278 valence electrons. The summed E-state index contributed by atoms with van der Waals surface area (Å²) < 4.78 is 11.0. The first-order valence-corrected chi connectivity index (χ1v) is 19.9. The maximum Gasteiger partial charge on any atom is 0.223 e. The number of rotatable bonds is 33. The zero-order valence-electron chi connectivity index (χ0n) is 30.7. The van der Waals surface area contributed by atoms with Crippen molar-refractivity contribution in [2.75, 3.05) is 6.61 Å². The lowest BCUT2D eigenvalue weighted by Gasteiger charge is -2.22. The molecule has 6 atom stereocenters. The second kappa shape index (κ2) is 29.8. The summed E-state index contributed by atoms with van der Waals surface area (Å²) in [5.74, 6) is -0.259. The van der Waals surface area contributed by atoms with Gasteiger partial charge in [0, 0.05) is 5.92 Å². The van der Waals surface area contributed by atoms with E-state index in [-0.39, 0.29) is 18.4 Å². The number of amides is 1. The van der Waals surface area contributed by atoms with Crippen molar-refractivity contribution < 1.29 is 34.4 Å². The molecule has 0 aromatic rings. The number of hydrogen-bond acceptors (Lipinski definition) is 7. The van der Waals surface area contributed by atoms with Crippen LogP contribution in [0.2, 0.25) is 0 Å². The number of carbonyl (C=O) groups is 2. The molecule has 0 aromatic carbocycles. The topological polar surface area (TPSA) is 125 Å². The van der Waals surface area contributed by atoms with Crippen LogP contribution in [0.5, 0.6) is 0 Å². The normalized spacial score (nSPS) is 20.9. The van der Waals surface area contributed by atoms with E-state index in [4.69, 9.17) is 9.47 Å². The number of unbranched alkanes of at least 4 members (excludes halogenated alkanes) is 22. The average Bonchev–Trinajstić information content (AvgIpc) is 3.35. The van der Waals surface area contributed by atoms with Crippen molar-refractivity contribution in [3.05, 3.63) is 0 Å². The van der Waals surface area contributed by atoms with Gasteiger partial charge in [0.05, 0.1) is 12.7 Å². The van der Waals surface area contributed by atoms with E-state index in [2.05, 4.69) is 19.2 Å². The summed E-state index contributed by atoms with van der Waals surface area (Å²) in [4.78, 5) is 25.2. The van der Waals surface area contributed by atoms with Gasteiger partial charge in [-0.1, -0.05) is 168 Å². The van der Waals surface area contributed by atoms with Crippen molar-refractivity contribution in [2.45, 2.75) is 224 Å². The highest BCUT2D eigenvalue weighted by molar-refractivity contribution is 5.81. The second-order valence-electron chi connectivity index (χ2n) is 14.3. The molecule has 0 saturated carbocycles. The van der Waals surface area contributed by atoms with Crippen LogP contribution in [0.4, 0.5) is 0 Å². The zero-order valence-corrected chi connectivity index (χ0v) is 30.7. The maximum atomic E-state index is 13.4. The summed E-state index contributed by atoms with van der Waals surface area (Å²) in [5, 5.41) is 33.0. The summed E-state index contributed by atoms with van der Waals surface area (Å²) in [6.07, 6.45) is 27.2. The van der Waals surface area contributed by atoms with Crippen LogP contribution in [0.15, 0.2) is 0 Å². The minimum absolute atomic E-state index is 0.119. The lowest BCUT2D eigenvalue weighted by atomic mass is 9.93. The number of aldehydes is 1. The van der Waals surface area contributed by atoms with E-state index in [9.17, 15) is 24.9 Å². The first-order valence-electron chi connectivity index (χ1n) is 19.9. The number of carbonyl (C=O) groups excluding carboxylic acids is 2. The monoisotopic (exact) mass is 670 g/mol. The molecule has 1 rings (SSSR count). The van der Waals surface area contributed by atoms with Crippen LogP contribution in [-0.2, 0) is 19.1 Å². The van der Waals surface area contributed by atoms with Gasteiger partial charge in [0.15, 0.2) is 6.29 Å². The molecule has 1 saturated heterocycles. The fourth-order valence-electron chi connectivity index (χ4n) is 6.69. The van der Waals surface area contributed by atoms with Crippen molar-refractivity contribution in [3.63, 3.8) is 0 Å². The summed E-state index contributed by atoms with van der Waals surface area (Å²) in [5.41, 5.74) is 0. The predicted octanol–water partition coefficient (Wildman–Crippen LogP) is 8.31. The van der Waals surface area contributed by atoms with E-state index in [0.29, 0.717) is 6.29 Å². The molecule has 47 heavy (non-hydrogen) atoms. The lowest BCUT2D eigenvalue weighted by Crippen LogP contribution is -2.44. The number of aliphatic hydroxyl groups excluding tert-OH is 3. The standard InChI is InChI=1S/C39H75NO7/c1-4-6-8-10-12-14-16-18-20-22-24-26-28-33(29-27-25-23-21-19-17-15-13-11-9-7-5-2)38(45)40-34(30-41)31-46-39-36(44)35(43)37(47-39)32(3)42/h30,32-37,39,42-44H,4-29,31H2,1-3H3,(H,40,45)/t32-,34+,35-,36-,37+,39+/m0/s1. The number of aliphatic hydroxyl groups is 3. The van der Waals surface area contributed by atoms with Gasteiger partial charge in [0.1, 0.15) is 30.6 Å². The molecule has 1 fully saturated rings. The van der Waals surface area contributed by atoms with Gasteiger partial charge >= 0.3 is 0 Å². The smallest absolute Gasteiger partial charge is 0.223 e. The minimum Gasteiger partial charge on any atom is -0.391 e. The molecule has 1 heterocycles. The van der Waals surface area contributed by atoms with Gasteiger partial charge in [-0.3, -0.25) is 4.79 Å². The Morgan fingerprint density at radius 3 is 1.40 bits per heavy atom.